The number of hydrazone groups is 1. The fraction of sp³-hybridized carbons (Fsp3) is 0.154. The lowest BCUT2D eigenvalue weighted by Crippen LogP contribution is -2.41. The van der Waals surface area contributed by atoms with Crippen molar-refractivity contribution >= 4 is 31.7 Å². The third-order valence-corrected chi connectivity index (χ3v) is 7.79. The van der Waals surface area contributed by atoms with Gasteiger partial charge in [-0.15, -0.1) is 6.42 Å². The fourth-order valence-corrected chi connectivity index (χ4v) is 5.19. The predicted molar refractivity (Wildman–Crippen MR) is 144 cm³/mol. The Labute approximate surface area is 221 Å². The molecule has 196 valence electrons. The zero-order chi connectivity index (χ0) is 27.3. The molecule has 0 aliphatic carbocycles. The minimum Gasteiger partial charge on any atom is -0.250 e. The number of hydrogen-bond acceptors (Lipinski definition) is 6. The zero-order valence-electron chi connectivity index (χ0n) is 20.0. The van der Waals surface area contributed by atoms with Crippen LogP contribution in [0.4, 0.5) is 4.39 Å². The molecule has 0 spiro atoms. The Morgan fingerprint density at radius 2 is 1.71 bits per heavy atom. The van der Waals surface area contributed by atoms with Gasteiger partial charge in [0.15, 0.2) is 0 Å². The molecule has 1 aliphatic heterocycles. The van der Waals surface area contributed by atoms with Crippen molar-refractivity contribution in [2.75, 3.05) is 18.8 Å². The Bertz CT molecular complexity index is 1620. The summed E-state index contributed by atoms with van der Waals surface area (Å²) in [5.41, 5.74) is 2.60. The fourth-order valence-electron chi connectivity index (χ4n) is 3.82. The van der Waals surface area contributed by atoms with Crippen LogP contribution in [0, 0.1) is 18.2 Å². The lowest BCUT2D eigenvalue weighted by atomic mass is 9.91. The molecule has 0 saturated carbocycles. The van der Waals surface area contributed by atoms with E-state index in [-0.39, 0.29) is 29.9 Å². The monoisotopic (exact) mass is 553 g/mol. The number of halogens is 1. The topological polar surface area (TPSA) is 134 Å². The molecule has 0 radical (unpaired) electrons. The summed E-state index contributed by atoms with van der Waals surface area (Å²) < 4.78 is 65.4. The number of sulfonamides is 2. The maximum atomic E-state index is 13.6. The molecule has 0 amide bonds. The molecular weight excluding hydrogens is 529 g/mol. The second-order valence-electron chi connectivity index (χ2n) is 8.38. The molecule has 0 unspecified atom stereocenters. The molecule has 3 aromatic carbocycles. The number of terminal acetylenes is 1. The van der Waals surface area contributed by atoms with Crippen LogP contribution in [0.5, 0.6) is 0 Å². The van der Waals surface area contributed by atoms with Gasteiger partial charge in [0.1, 0.15) is 5.82 Å². The SMILES string of the molecule is C#Cc1ccc(S(=O)(=O)NC(=NCCS(N)(=O)=O)N2C[C@@H](c3ccccc3)C(c3ccc(F)cc3)=N2)cc1. The summed E-state index contributed by atoms with van der Waals surface area (Å²) in [6.45, 7) is -0.121. The number of nitrogens with zero attached hydrogens (tertiary/aromatic N) is 3. The van der Waals surface area contributed by atoms with Gasteiger partial charge in [0, 0.05) is 11.5 Å². The van der Waals surface area contributed by atoms with Gasteiger partial charge in [0.05, 0.1) is 29.4 Å². The Morgan fingerprint density at radius 1 is 1.05 bits per heavy atom. The van der Waals surface area contributed by atoms with E-state index < -0.39 is 31.6 Å². The summed E-state index contributed by atoms with van der Waals surface area (Å²) >= 11 is 0. The highest BCUT2D eigenvalue weighted by atomic mass is 32.2. The lowest BCUT2D eigenvalue weighted by molar-refractivity contribution is 0.461. The van der Waals surface area contributed by atoms with Crippen LogP contribution in [0.15, 0.2) is 93.9 Å². The van der Waals surface area contributed by atoms with E-state index in [1.54, 1.807) is 12.1 Å². The minimum absolute atomic E-state index is 0.0720. The van der Waals surface area contributed by atoms with Crippen molar-refractivity contribution in [1.29, 1.82) is 0 Å². The second kappa shape index (κ2) is 11.1. The van der Waals surface area contributed by atoms with E-state index in [1.165, 1.54) is 41.4 Å². The van der Waals surface area contributed by atoms with E-state index in [1.807, 2.05) is 30.3 Å². The van der Waals surface area contributed by atoms with Gasteiger partial charge in [-0.25, -0.2) is 41.1 Å². The van der Waals surface area contributed by atoms with Crippen LogP contribution in [-0.2, 0) is 20.0 Å². The number of rotatable bonds is 7. The summed E-state index contributed by atoms with van der Waals surface area (Å²) in [7, 11) is -8.00. The Kier molecular flexibility index (Phi) is 7.91. The van der Waals surface area contributed by atoms with Crippen molar-refractivity contribution in [3.05, 3.63) is 101 Å². The Morgan fingerprint density at radius 3 is 2.32 bits per heavy atom. The first-order valence-electron chi connectivity index (χ1n) is 11.4. The molecular formula is C26H24FN5O4S2. The molecule has 12 heteroatoms. The number of nitrogens with two attached hydrogens (primary N) is 1. The van der Waals surface area contributed by atoms with Gasteiger partial charge >= 0.3 is 0 Å². The number of hydrogen-bond donors (Lipinski definition) is 2. The summed E-state index contributed by atoms with van der Waals surface area (Å²) in [5.74, 6) is 1.01. The van der Waals surface area contributed by atoms with Gasteiger partial charge in [-0.05, 0) is 47.5 Å². The lowest BCUT2D eigenvalue weighted by Gasteiger charge is -2.20. The third kappa shape index (κ3) is 6.63. The van der Waals surface area contributed by atoms with Crippen molar-refractivity contribution in [2.45, 2.75) is 10.8 Å². The molecule has 1 aliphatic rings. The quantitative estimate of drug-likeness (QED) is 0.263. The van der Waals surface area contributed by atoms with Gasteiger partial charge < -0.3 is 0 Å². The second-order valence-corrected chi connectivity index (χ2v) is 11.8. The van der Waals surface area contributed by atoms with E-state index in [9.17, 15) is 21.2 Å². The molecule has 1 atom stereocenters. The molecule has 0 fully saturated rings. The van der Waals surface area contributed by atoms with Crippen LogP contribution >= 0.6 is 0 Å². The molecule has 38 heavy (non-hydrogen) atoms. The van der Waals surface area contributed by atoms with Gasteiger partial charge in [-0.2, -0.15) is 5.10 Å². The molecule has 0 bridgehead atoms. The van der Waals surface area contributed by atoms with Crippen LogP contribution in [0.2, 0.25) is 0 Å². The molecule has 3 N–H and O–H groups in total. The van der Waals surface area contributed by atoms with Crippen molar-refractivity contribution < 1.29 is 21.2 Å². The summed E-state index contributed by atoms with van der Waals surface area (Å²) in [4.78, 5) is 4.13. The van der Waals surface area contributed by atoms with Gasteiger partial charge in [0.2, 0.25) is 16.0 Å². The first-order chi connectivity index (χ1) is 18.1. The molecule has 0 aromatic heterocycles. The van der Waals surface area contributed by atoms with Crippen LogP contribution in [0.1, 0.15) is 22.6 Å². The summed E-state index contributed by atoms with van der Waals surface area (Å²) in [6, 6.07) is 20.9. The molecule has 9 nitrogen and oxygen atoms in total. The van der Waals surface area contributed by atoms with E-state index in [0.29, 0.717) is 16.8 Å². The van der Waals surface area contributed by atoms with E-state index >= 15 is 0 Å². The first-order valence-corrected chi connectivity index (χ1v) is 14.6. The normalized spacial score (nSPS) is 16.1. The number of benzene rings is 3. The molecule has 3 aromatic rings. The highest BCUT2D eigenvalue weighted by molar-refractivity contribution is 7.90. The first kappa shape index (κ1) is 27.0. The standard InChI is InChI=1S/C26H24FN5O4S2/c1-2-19-8-14-23(15-9-19)38(35,36)31-26(29-16-17-37(28,33)34)32-18-24(20-6-4-3-5-7-20)25(30-32)21-10-12-22(27)13-11-21/h1,3-15,24H,16-18H2,(H,29,31)(H2,28,33,34)/t24-/m0/s1. The highest BCUT2D eigenvalue weighted by Gasteiger charge is 2.33. The predicted octanol–water partition coefficient (Wildman–Crippen LogP) is 2.23. The van der Waals surface area contributed by atoms with E-state index in [2.05, 4.69) is 20.7 Å². The smallest absolute Gasteiger partial charge is 0.250 e. The van der Waals surface area contributed by atoms with Gasteiger partial charge in [0.25, 0.3) is 10.0 Å². The Balaban J connectivity index is 1.73. The van der Waals surface area contributed by atoms with Gasteiger partial charge in [-0.3, -0.25) is 0 Å². The maximum Gasteiger partial charge on any atom is 0.264 e. The van der Waals surface area contributed by atoms with Crippen molar-refractivity contribution in [3.8, 4) is 12.3 Å². The largest absolute Gasteiger partial charge is 0.264 e. The minimum atomic E-state index is -4.15. The highest BCUT2D eigenvalue weighted by Crippen LogP contribution is 2.29. The van der Waals surface area contributed by atoms with Crippen LogP contribution in [-0.4, -0.2) is 52.4 Å². The van der Waals surface area contributed by atoms with Crippen molar-refractivity contribution in [3.63, 3.8) is 0 Å². The Hall–Kier alpha value is -4.05. The summed E-state index contributed by atoms with van der Waals surface area (Å²) in [6.07, 6.45) is 5.36. The van der Waals surface area contributed by atoms with E-state index in [4.69, 9.17) is 11.6 Å². The number of guanidine groups is 1. The molecule has 1 heterocycles. The number of primary sulfonamides is 1. The van der Waals surface area contributed by atoms with Crippen LogP contribution < -0.4 is 9.86 Å². The van der Waals surface area contributed by atoms with Crippen LogP contribution in [0.25, 0.3) is 0 Å². The third-order valence-electron chi connectivity index (χ3n) is 5.69. The molecule has 0 saturated heterocycles. The number of aliphatic imine (C=N–C) groups is 1. The number of nitrogens with one attached hydrogen (secondary N) is 1. The van der Waals surface area contributed by atoms with Crippen molar-refractivity contribution in [2.24, 2.45) is 15.2 Å². The molecule has 4 rings (SSSR count). The maximum absolute atomic E-state index is 13.6. The van der Waals surface area contributed by atoms with Gasteiger partial charge in [-0.1, -0.05) is 48.4 Å². The van der Waals surface area contributed by atoms with Crippen molar-refractivity contribution in [1.82, 2.24) is 9.73 Å². The zero-order valence-corrected chi connectivity index (χ0v) is 21.7. The average Bonchev–Trinajstić information content (AvgIpc) is 3.34. The van der Waals surface area contributed by atoms with Crippen LogP contribution in [0.3, 0.4) is 0 Å². The average molecular weight is 554 g/mol. The summed E-state index contributed by atoms with van der Waals surface area (Å²) in [5, 5.41) is 11.1. The van der Waals surface area contributed by atoms with E-state index in [0.717, 1.165) is 5.56 Å².